The number of rotatable bonds is 10. The number of alkyl halides is 3. The molecule has 0 aliphatic carbocycles. The average molecular weight is 616 g/mol. The third kappa shape index (κ3) is 8.12. The summed E-state index contributed by atoms with van der Waals surface area (Å²) >= 11 is 12.1. The van der Waals surface area contributed by atoms with Crippen LogP contribution in [0, 0.1) is 0 Å². The molecule has 1 N–H and O–H groups in total. The highest BCUT2D eigenvalue weighted by atomic mass is 35.5. The Labute approximate surface area is 240 Å². The molecule has 0 bridgehead atoms. The van der Waals surface area contributed by atoms with E-state index in [4.69, 9.17) is 23.2 Å². The first-order chi connectivity index (χ1) is 18.7. The van der Waals surface area contributed by atoms with Gasteiger partial charge in [0.1, 0.15) is 12.6 Å². The number of nitrogens with one attached hydrogen (secondary N) is 1. The van der Waals surface area contributed by atoms with Crippen LogP contribution >= 0.6 is 23.2 Å². The summed E-state index contributed by atoms with van der Waals surface area (Å²) in [5.41, 5.74) is -0.342. The second-order valence-corrected chi connectivity index (χ2v) is 11.7. The molecule has 13 heteroatoms. The number of carbonyl (C=O) groups excluding carboxylic acids is 2. The van der Waals surface area contributed by atoms with Gasteiger partial charge in [0, 0.05) is 25.0 Å². The molecule has 0 saturated heterocycles. The van der Waals surface area contributed by atoms with E-state index in [9.17, 15) is 31.2 Å². The maximum atomic E-state index is 13.8. The van der Waals surface area contributed by atoms with Crippen molar-refractivity contribution in [3.05, 3.63) is 99.5 Å². The molecule has 0 heterocycles. The fourth-order valence-corrected chi connectivity index (χ4v) is 5.23. The van der Waals surface area contributed by atoms with Crippen LogP contribution in [0.5, 0.6) is 0 Å². The lowest BCUT2D eigenvalue weighted by atomic mass is 10.0. The number of amides is 2. The normalized spacial score (nSPS) is 12.5. The van der Waals surface area contributed by atoms with E-state index in [1.54, 1.807) is 54.6 Å². The molecule has 0 aliphatic heterocycles. The molecule has 40 heavy (non-hydrogen) atoms. The van der Waals surface area contributed by atoms with Crippen molar-refractivity contribution < 1.29 is 31.2 Å². The van der Waals surface area contributed by atoms with Crippen LogP contribution in [-0.2, 0) is 38.8 Å². The standard InChI is InChI=1S/C27H26Cl2F3N3O4S/c1-33-26(37)24(14-18-6-4-3-5-7-18)34(16-19-8-11-21(28)12-9-19)25(36)17-35(40(2,38)39)23-15-20(27(30,31)32)10-13-22(23)29/h3-13,15,24H,14,16-17H2,1-2H3,(H,33,37)/t24-/m0/s1. The molecule has 3 rings (SSSR count). The highest BCUT2D eigenvalue weighted by Gasteiger charge is 2.35. The molecule has 3 aromatic carbocycles. The Morgan fingerprint density at radius 2 is 1.57 bits per heavy atom. The third-order valence-corrected chi connectivity index (χ3v) is 7.70. The highest BCUT2D eigenvalue weighted by molar-refractivity contribution is 7.92. The highest BCUT2D eigenvalue weighted by Crippen LogP contribution is 2.36. The smallest absolute Gasteiger partial charge is 0.357 e. The zero-order valence-corrected chi connectivity index (χ0v) is 23.8. The molecule has 3 aromatic rings. The van der Waals surface area contributed by atoms with E-state index >= 15 is 0 Å². The van der Waals surface area contributed by atoms with Gasteiger partial charge in [-0.05, 0) is 41.5 Å². The quantitative estimate of drug-likeness (QED) is 0.341. The van der Waals surface area contributed by atoms with Crippen molar-refractivity contribution >= 4 is 50.7 Å². The van der Waals surface area contributed by atoms with Crippen LogP contribution in [0.3, 0.4) is 0 Å². The van der Waals surface area contributed by atoms with Gasteiger partial charge in [0.15, 0.2) is 0 Å². The maximum absolute atomic E-state index is 13.8. The van der Waals surface area contributed by atoms with Crippen molar-refractivity contribution in [2.75, 3.05) is 24.2 Å². The van der Waals surface area contributed by atoms with Gasteiger partial charge in [-0.1, -0.05) is 65.7 Å². The first-order valence-corrected chi connectivity index (χ1v) is 14.4. The molecule has 0 spiro atoms. The summed E-state index contributed by atoms with van der Waals surface area (Å²) in [6.45, 7) is -1.02. The number of likely N-dealkylation sites (N-methyl/N-ethyl adjacent to an activating group) is 1. The number of anilines is 1. The molecule has 1 atom stereocenters. The van der Waals surface area contributed by atoms with Crippen LogP contribution in [-0.4, -0.2) is 51.0 Å². The lowest BCUT2D eigenvalue weighted by Gasteiger charge is -2.33. The minimum atomic E-state index is -4.78. The Bertz CT molecular complexity index is 1450. The molecule has 0 unspecified atom stereocenters. The van der Waals surface area contributed by atoms with Gasteiger partial charge in [-0.2, -0.15) is 13.2 Å². The summed E-state index contributed by atoms with van der Waals surface area (Å²) in [7, 11) is -2.90. The zero-order chi connectivity index (χ0) is 29.7. The van der Waals surface area contributed by atoms with Gasteiger partial charge in [0.25, 0.3) is 0 Å². The first kappa shape index (κ1) is 31.3. The molecule has 2 amide bonds. The molecular formula is C27H26Cl2F3N3O4S. The Morgan fingerprint density at radius 1 is 0.950 bits per heavy atom. The number of hydrogen-bond donors (Lipinski definition) is 1. The Balaban J connectivity index is 2.08. The van der Waals surface area contributed by atoms with E-state index in [1.165, 1.54) is 11.9 Å². The number of nitrogens with zero attached hydrogens (tertiary/aromatic N) is 2. The van der Waals surface area contributed by atoms with Crippen LogP contribution in [0.2, 0.25) is 10.0 Å². The molecule has 0 radical (unpaired) electrons. The van der Waals surface area contributed by atoms with E-state index in [0.29, 0.717) is 27.0 Å². The number of halogens is 5. The molecule has 214 valence electrons. The van der Waals surface area contributed by atoms with Crippen LogP contribution in [0.1, 0.15) is 16.7 Å². The molecule has 7 nitrogen and oxygen atoms in total. The van der Waals surface area contributed by atoms with Crippen molar-refractivity contribution in [1.82, 2.24) is 10.2 Å². The Hall–Kier alpha value is -3.28. The van der Waals surface area contributed by atoms with E-state index in [1.807, 2.05) is 0 Å². The summed E-state index contributed by atoms with van der Waals surface area (Å²) in [4.78, 5) is 28.1. The number of sulfonamides is 1. The minimum absolute atomic E-state index is 0.0863. The minimum Gasteiger partial charge on any atom is -0.357 e. The van der Waals surface area contributed by atoms with Gasteiger partial charge in [-0.3, -0.25) is 13.9 Å². The lowest BCUT2D eigenvalue weighted by Crippen LogP contribution is -2.52. The SMILES string of the molecule is CNC(=O)[C@H](Cc1ccccc1)N(Cc1ccc(Cl)cc1)C(=O)CN(c1cc(C(F)(F)F)ccc1Cl)S(C)(=O)=O. The van der Waals surface area contributed by atoms with Crippen LogP contribution in [0.4, 0.5) is 18.9 Å². The average Bonchev–Trinajstić information content (AvgIpc) is 2.89. The van der Waals surface area contributed by atoms with Crippen LogP contribution in [0.15, 0.2) is 72.8 Å². The summed E-state index contributed by atoms with van der Waals surface area (Å²) in [5, 5.41) is 2.67. The predicted molar refractivity (Wildman–Crippen MR) is 149 cm³/mol. The summed E-state index contributed by atoms with van der Waals surface area (Å²) in [6, 6.07) is 16.4. The van der Waals surface area contributed by atoms with Gasteiger partial charge in [-0.15, -0.1) is 0 Å². The molecule has 0 aliphatic rings. The number of hydrogen-bond acceptors (Lipinski definition) is 4. The Kier molecular flexibility index (Phi) is 10.1. The predicted octanol–water partition coefficient (Wildman–Crippen LogP) is 5.16. The monoisotopic (exact) mass is 615 g/mol. The Morgan fingerprint density at radius 3 is 2.12 bits per heavy atom. The second-order valence-electron chi connectivity index (χ2n) is 8.90. The zero-order valence-electron chi connectivity index (χ0n) is 21.5. The van der Waals surface area contributed by atoms with Crippen molar-refractivity contribution in [1.29, 1.82) is 0 Å². The maximum Gasteiger partial charge on any atom is 0.416 e. The second kappa shape index (κ2) is 12.9. The molecular weight excluding hydrogens is 590 g/mol. The lowest BCUT2D eigenvalue weighted by molar-refractivity contribution is -0.139. The number of benzene rings is 3. The fourth-order valence-electron chi connectivity index (χ4n) is 3.98. The van der Waals surface area contributed by atoms with E-state index in [-0.39, 0.29) is 18.0 Å². The van der Waals surface area contributed by atoms with Crippen LogP contribution < -0.4 is 9.62 Å². The summed E-state index contributed by atoms with van der Waals surface area (Å²) in [5.74, 6) is -1.35. The fraction of sp³-hybridized carbons (Fsp3) is 0.259. The first-order valence-electron chi connectivity index (χ1n) is 11.8. The van der Waals surface area contributed by atoms with Gasteiger partial charge in [0.05, 0.1) is 22.5 Å². The number of carbonyl (C=O) groups is 2. The van der Waals surface area contributed by atoms with Gasteiger partial charge >= 0.3 is 6.18 Å². The van der Waals surface area contributed by atoms with Crippen LogP contribution in [0.25, 0.3) is 0 Å². The van der Waals surface area contributed by atoms with E-state index in [2.05, 4.69) is 5.32 Å². The molecule has 0 fully saturated rings. The summed E-state index contributed by atoms with van der Waals surface area (Å²) in [6.07, 6.45) is -3.95. The largest absolute Gasteiger partial charge is 0.416 e. The van der Waals surface area contributed by atoms with E-state index in [0.717, 1.165) is 17.9 Å². The van der Waals surface area contributed by atoms with Crippen molar-refractivity contribution in [2.24, 2.45) is 0 Å². The van der Waals surface area contributed by atoms with Gasteiger partial charge in [-0.25, -0.2) is 8.42 Å². The third-order valence-electron chi connectivity index (χ3n) is 6.01. The van der Waals surface area contributed by atoms with Gasteiger partial charge in [0.2, 0.25) is 21.8 Å². The van der Waals surface area contributed by atoms with Crippen molar-refractivity contribution in [3.63, 3.8) is 0 Å². The van der Waals surface area contributed by atoms with Crippen molar-refractivity contribution in [3.8, 4) is 0 Å². The van der Waals surface area contributed by atoms with E-state index < -0.39 is 51.9 Å². The molecule has 0 saturated carbocycles. The topological polar surface area (TPSA) is 86.8 Å². The molecule has 0 aromatic heterocycles. The van der Waals surface area contributed by atoms with Crippen molar-refractivity contribution in [2.45, 2.75) is 25.2 Å². The summed E-state index contributed by atoms with van der Waals surface area (Å²) < 4.78 is 66.3. The van der Waals surface area contributed by atoms with Gasteiger partial charge < -0.3 is 10.2 Å².